The lowest BCUT2D eigenvalue weighted by Gasteiger charge is -2.29. The SMILES string of the molecule is COCCO[C@H]1CC[C@H](NC(=O)c2cc(Br)cc(-n3ccnc3)n2)CC1. The Bertz CT molecular complexity index is 715. The molecule has 8 heteroatoms. The molecule has 1 saturated carbocycles. The first-order valence-corrected chi connectivity index (χ1v) is 9.52. The van der Waals surface area contributed by atoms with E-state index in [1.807, 2.05) is 6.07 Å². The molecule has 1 aliphatic carbocycles. The van der Waals surface area contributed by atoms with Gasteiger partial charge in [0.15, 0.2) is 0 Å². The van der Waals surface area contributed by atoms with Crippen LogP contribution in [0.2, 0.25) is 0 Å². The van der Waals surface area contributed by atoms with Gasteiger partial charge in [0, 0.05) is 30.0 Å². The number of nitrogens with one attached hydrogen (secondary N) is 1. The summed E-state index contributed by atoms with van der Waals surface area (Å²) in [7, 11) is 1.67. The van der Waals surface area contributed by atoms with Crippen LogP contribution in [0, 0.1) is 0 Å². The maximum Gasteiger partial charge on any atom is 0.270 e. The zero-order valence-electron chi connectivity index (χ0n) is 14.7. The van der Waals surface area contributed by atoms with Crippen LogP contribution in [0.5, 0.6) is 0 Å². The second-order valence-corrected chi connectivity index (χ2v) is 7.23. The highest BCUT2D eigenvalue weighted by Gasteiger charge is 2.23. The number of rotatable bonds is 7. The zero-order valence-corrected chi connectivity index (χ0v) is 16.3. The highest BCUT2D eigenvalue weighted by Crippen LogP contribution is 2.22. The topological polar surface area (TPSA) is 78.3 Å². The van der Waals surface area contributed by atoms with Gasteiger partial charge in [-0.3, -0.25) is 9.36 Å². The number of halogens is 1. The maximum absolute atomic E-state index is 12.6. The predicted molar refractivity (Wildman–Crippen MR) is 100 cm³/mol. The van der Waals surface area contributed by atoms with E-state index >= 15 is 0 Å². The number of pyridine rings is 1. The van der Waals surface area contributed by atoms with Crippen LogP contribution in [0.4, 0.5) is 0 Å². The van der Waals surface area contributed by atoms with E-state index < -0.39 is 0 Å². The molecule has 2 heterocycles. The van der Waals surface area contributed by atoms with Crippen molar-refractivity contribution in [3.8, 4) is 5.82 Å². The van der Waals surface area contributed by atoms with Gasteiger partial charge in [0.2, 0.25) is 0 Å². The molecule has 0 aromatic carbocycles. The van der Waals surface area contributed by atoms with Crippen molar-refractivity contribution in [3.63, 3.8) is 0 Å². The molecular weight excluding hydrogens is 400 g/mol. The number of ether oxygens (including phenoxy) is 2. The average molecular weight is 423 g/mol. The summed E-state index contributed by atoms with van der Waals surface area (Å²) in [5.41, 5.74) is 0.390. The summed E-state index contributed by atoms with van der Waals surface area (Å²) in [5.74, 6) is 0.494. The number of methoxy groups -OCH3 is 1. The van der Waals surface area contributed by atoms with Crippen molar-refractivity contribution in [2.75, 3.05) is 20.3 Å². The quantitative estimate of drug-likeness (QED) is 0.693. The molecule has 1 aliphatic rings. The van der Waals surface area contributed by atoms with E-state index in [2.05, 4.69) is 31.2 Å². The maximum atomic E-state index is 12.6. The van der Waals surface area contributed by atoms with E-state index in [1.54, 1.807) is 36.5 Å². The third-order valence-corrected chi connectivity index (χ3v) is 4.89. The zero-order chi connectivity index (χ0) is 18.4. The Kier molecular flexibility index (Phi) is 6.76. The summed E-state index contributed by atoms with van der Waals surface area (Å²) in [5, 5.41) is 3.10. The van der Waals surface area contributed by atoms with Crippen LogP contribution >= 0.6 is 15.9 Å². The van der Waals surface area contributed by atoms with E-state index in [-0.39, 0.29) is 18.1 Å². The van der Waals surface area contributed by atoms with Gasteiger partial charge in [0.1, 0.15) is 17.8 Å². The van der Waals surface area contributed by atoms with Crippen LogP contribution in [0.25, 0.3) is 5.82 Å². The Morgan fingerprint density at radius 2 is 2.12 bits per heavy atom. The fraction of sp³-hybridized carbons (Fsp3) is 0.500. The Morgan fingerprint density at radius 3 is 2.81 bits per heavy atom. The standard InChI is InChI=1S/C18H23BrN4O3/c1-25-8-9-26-15-4-2-14(3-5-15)21-18(24)16-10-13(19)11-17(22-16)23-7-6-20-12-23/h6-7,10-12,14-15H,2-5,8-9H2,1H3,(H,21,24)/t14-,15-. The Balaban J connectivity index is 1.56. The first kappa shape index (κ1) is 19.0. The molecule has 1 fully saturated rings. The largest absolute Gasteiger partial charge is 0.382 e. The van der Waals surface area contributed by atoms with E-state index in [4.69, 9.17) is 9.47 Å². The monoisotopic (exact) mass is 422 g/mol. The number of carbonyl (C=O) groups excluding carboxylic acids is 1. The smallest absolute Gasteiger partial charge is 0.270 e. The highest BCUT2D eigenvalue weighted by atomic mass is 79.9. The molecule has 1 amide bonds. The van der Waals surface area contributed by atoms with Crippen molar-refractivity contribution >= 4 is 21.8 Å². The van der Waals surface area contributed by atoms with Crippen LogP contribution in [-0.2, 0) is 9.47 Å². The van der Waals surface area contributed by atoms with Crippen molar-refractivity contribution < 1.29 is 14.3 Å². The first-order valence-electron chi connectivity index (χ1n) is 8.73. The third-order valence-electron chi connectivity index (χ3n) is 4.43. The summed E-state index contributed by atoms with van der Waals surface area (Å²) in [6.45, 7) is 1.24. The minimum absolute atomic E-state index is 0.155. The molecule has 140 valence electrons. The first-order chi connectivity index (χ1) is 12.7. The number of carbonyl (C=O) groups is 1. The summed E-state index contributed by atoms with van der Waals surface area (Å²) in [4.78, 5) is 21.1. The summed E-state index contributed by atoms with van der Waals surface area (Å²) >= 11 is 3.45. The lowest BCUT2D eigenvalue weighted by atomic mass is 9.93. The Hall–Kier alpha value is -1.77. The lowest BCUT2D eigenvalue weighted by Crippen LogP contribution is -2.39. The van der Waals surface area contributed by atoms with Gasteiger partial charge in [-0.15, -0.1) is 0 Å². The Morgan fingerprint density at radius 1 is 1.31 bits per heavy atom. The van der Waals surface area contributed by atoms with Gasteiger partial charge in [0.05, 0.1) is 19.3 Å². The van der Waals surface area contributed by atoms with E-state index in [0.29, 0.717) is 24.7 Å². The normalized spacial score (nSPS) is 20.1. The van der Waals surface area contributed by atoms with Gasteiger partial charge in [-0.25, -0.2) is 9.97 Å². The van der Waals surface area contributed by atoms with Gasteiger partial charge in [-0.05, 0) is 37.8 Å². The van der Waals surface area contributed by atoms with Gasteiger partial charge >= 0.3 is 0 Å². The molecule has 0 unspecified atom stereocenters. The molecule has 0 atom stereocenters. The third kappa shape index (κ3) is 5.12. The lowest BCUT2D eigenvalue weighted by molar-refractivity contribution is -0.00409. The second kappa shape index (κ2) is 9.25. The molecule has 1 N–H and O–H groups in total. The van der Waals surface area contributed by atoms with Crippen LogP contribution in [0.15, 0.2) is 35.3 Å². The molecule has 0 bridgehead atoms. The van der Waals surface area contributed by atoms with Gasteiger partial charge in [0.25, 0.3) is 5.91 Å². The summed E-state index contributed by atoms with van der Waals surface area (Å²) in [6.07, 6.45) is 9.09. The summed E-state index contributed by atoms with van der Waals surface area (Å²) in [6, 6.07) is 3.73. The van der Waals surface area contributed by atoms with Crippen molar-refractivity contribution in [3.05, 3.63) is 41.0 Å². The molecule has 3 rings (SSSR count). The molecule has 0 aliphatic heterocycles. The fourth-order valence-corrected chi connectivity index (χ4v) is 3.48. The van der Waals surface area contributed by atoms with Crippen LogP contribution in [0.1, 0.15) is 36.2 Å². The Labute approximate surface area is 161 Å². The van der Waals surface area contributed by atoms with Crippen molar-refractivity contribution in [2.45, 2.75) is 37.8 Å². The van der Waals surface area contributed by atoms with Crippen molar-refractivity contribution in [2.24, 2.45) is 0 Å². The molecule has 7 nitrogen and oxygen atoms in total. The molecule has 0 saturated heterocycles. The predicted octanol–water partition coefficient (Wildman–Crippen LogP) is 2.73. The number of hydrogen-bond acceptors (Lipinski definition) is 5. The van der Waals surface area contributed by atoms with Crippen LogP contribution < -0.4 is 5.32 Å². The summed E-state index contributed by atoms with van der Waals surface area (Å²) < 4.78 is 13.3. The number of amides is 1. The van der Waals surface area contributed by atoms with E-state index in [1.165, 1.54) is 0 Å². The van der Waals surface area contributed by atoms with Crippen molar-refractivity contribution in [1.29, 1.82) is 0 Å². The minimum Gasteiger partial charge on any atom is -0.382 e. The minimum atomic E-state index is -0.156. The molecule has 26 heavy (non-hydrogen) atoms. The van der Waals surface area contributed by atoms with Gasteiger partial charge < -0.3 is 14.8 Å². The molecule has 0 spiro atoms. The number of nitrogens with zero attached hydrogens (tertiary/aromatic N) is 3. The molecule has 2 aromatic heterocycles. The van der Waals surface area contributed by atoms with Gasteiger partial charge in [-0.1, -0.05) is 15.9 Å². The second-order valence-electron chi connectivity index (χ2n) is 6.31. The molecule has 0 radical (unpaired) electrons. The van der Waals surface area contributed by atoms with Crippen LogP contribution in [0.3, 0.4) is 0 Å². The number of hydrogen-bond donors (Lipinski definition) is 1. The van der Waals surface area contributed by atoms with Crippen LogP contribution in [-0.4, -0.2) is 52.9 Å². The average Bonchev–Trinajstić information content (AvgIpc) is 3.18. The molecule has 2 aromatic rings. The molecular formula is C18H23BrN4O3. The van der Waals surface area contributed by atoms with Gasteiger partial charge in [-0.2, -0.15) is 0 Å². The number of imidazole rings is 1. The van der Waals surface area contributed by atoms with E-state index in [9.17, 15) is 4.79 Å². The van der Waals surface area contributed by atoms with E-state index in [0.717, 1.165) is 30.2 Å². The highest BCUT2D eigenvalue weighted by molar-refractivity contribution is 9.10. The van der Waals surface area contributed by atoms with Crippen molar-refractivity contribution in [1.82, 2.24) is 19.9 Å². The fourth-order valence-electron chi connectivity index (χ4n) is 3.06. The number of aromatic nitrogens is 3.